The van der Waals surface area contributed by atoms with Gasteiger partial charge in [-0.25, -0.2) is 23.1 Å². The monoisotopic (exact) mass is 611 g/mol. The number of hydrogen-bond acceptors (Lipinski definition) is 9. The number of rotatable bonds is 8. The van der Waals surface area contributed by atoms with E-state index in [1.165, 1.54) is 10.9 Å². The molecule has 2 atom stereocenters. The van der Waals surface area contributed by atoms with Crippen molar-refractivity contribution in [3.8, 4) is 0 Å². The summed E-state index contributed by atoms with van der Waals surface area (Å²) in [6.45, 7) is 2.53. The van der Waals surface area contributed by atoms with Gasteiger partial charge >= 0.3 is 6.03 Å². The third-order valence-corrected chi connectivity index (χ3v) is 9.01. The van der Waals surface area contributed by atoms with E-state index in [9.17, 15) is 18.4 Å². The van der Waals surface area contributed by atoms with Crippen molar-refractivity contribution in [1.82, 2.24) is 34.6 Å². The van der Waals surface area contributed by atoms with Gasteiger partial charge in [0.25, 0.3) is 5.92 Å². The summed E-state index contributed by atoms with van der Waals surface area (Å²) >= 11 is 0. The number of nitrogens with one attached hydrogen (secondary N) is 3. The summed E-state index contributed by atoms with van der Waals surface area (Å²) in [6, 6.07) is 7.59. The van der Waals surface area contributed by atoms with Gasteiger partial charge in [-0.2, -0.15) is 9.97 Å². The van der Waals surface area contributed by atoms with Crippen molar-refractivity contribution in [2.75, 3.05) is 51.0 Å². The molecule has 236 valence electrons. The molecule has 3 fully saturated rings. The van der Waals surface area contributed by atoms with Gasteiger partial charge in [0.2, 0.25) is 11.9 Å². The van der Waals surface area contributed by atoms with Gasteiger partial charge in [-0.15, -0.1) is 0 Å². The molecule has 2 saturated heterocycles. The topological polar surface area (TPSA) is 130 Å². The minimum absolute atomic E-state index is 0.00693. The number of likely N-dealkylation sites (tertiary alicyclic amines) is 2. The lowest BCUT2D eigenvalue weighted by molar-refractivity contribution is -0.143. The Morgan fingerprint density at radius 2 is 1.84 bits per heavy atom. The van der Waals surface area contributed by atoms with Crippen molar-refractivity contribution in [2.45, 2.75) is 63.1 Å². The predicted molar refractivity (Wildman–Crippen MR) is 161 cm³/mol. The van der Waals surface area contributed by atoms with Crippen molar-refractivity contribution in [2.24, 2.45) is 5.92 Å². The van der Waals surface area contributed by atoms with E-state index >= 15 is 0 Å². The average molecular weight is 612 g/mol. The average Bonchev–Trinajstić information content (AvgIpc) is 3.43. The van der Waals surface area contributed by atoms with Crippen LogP contribution in [0.2, 0.25) is 0 Å². The summed E-state index contributed by atoms with van der Waals surface area (Å²) in [5.74, 6) is -1.92. The Morgan fingerprint density at radius 3 is 2.52 bits per heavy atom. The third kappa shape index (κ3) is 6.46. The lowest BCUT2D eigenvalue weighted by Gasteiger charge is -2.37. The number of ether oxygens (including phenoxy) is 1. The number of piperidine rings is 2. The second-order valence-electron chi connectivity index (χ2n) is 11.9. The molecule has 6 rings (SSSR count). The van der Waals surface area contributed by atoms with Crippen LogP contribution in [0.3, 0.4) is 0 Å². The van der Waals surface area contributed by atoms with Gasteiger partial charge in [-0.1, -0.05) is 12.1 Å². The lowest BCUT2D eigenvalue weighted by Crippen LogP contribution is -2.52. The van der Waals surface area contributed by atoms with Crippen LogP contribution in [0.5, 0.6) is 0 Å². The second kappa shape index (κ2) is 12.6. The highest BCUT2D eigenvalue weighted by Gasteiger charge is 2.38. The zero-order valence-corrected chi connectivity index (χ0v) is 25.1. The normalized spacial score (nSPS) is 22.4. The molecular formula is C30H39F2N9O3. The Balaban J connectivity index is 1.08. The van der Waals surface area contributed by atoms with Crippen LogP contribution in [0.25, 0.3) is 11.2 Å². The number of benzene rings is 1. The van der Waals surface area contributed by atoms with Crippen LogP contribution in [0.15, 0.2) is 30.6 Å². The molecule has 0 radical (unpaired) electrons. The summed E-state index contributed by atoms with van der Waals surface area (Å²) in [6.07, 6.45) is 4.17. The summed E-state index contributed by atoms with van der Waals surface area (Å²) < 4.78 is 33.8. The van der Waals surface area contributed by atoms with Gasteiger partial charge in [0.1, 0.15) is 6.33 Å². The lowest BCUT2D eigenvalue weighted by atomic mass is 9.89. The maximum absolute atomic E-state index is 13.5. The van der Waals surface area contributed by atoms with Crippen molar-refractivity contribution >= 4 is 40.6 Å². The molecule has 4 heterocycles. The Bertz CT molecular complexity index is 1500. The SMILES string of the molecule is CNc1nc(Nc2cccc(CN3CCC(C(=O)N4CCC(F)(F)CC4)CC3)c2)nc2c1ncn2C(=O)N[C@@H]1CC[C@H]1OC. The van der Waals surface area contributed by atoms with E-state index in [0.717, 1.165) is 50.0 Å². The number of alkyl halides is 2. The number of aromatic nitrogens is 4. The van der Waals surface area contributed by atoms with Crippen molar-refractivity contribution in [3.05, 3.63) is 36.2 Å². The number of carbonyl (C=O) groups is 2. The number of methoxy groups -OCH3 is 1. The molecule has 0 spiro atoms. The first kappa shape index (κ1) is 30.1. The van der Waals surface area contributed by atoms with Gasteiger partial charge in [0.05, 0.1) is 12.1 Å². The number of amides is 2. The van der Waals surface area contributed by atoms with E-state index in [-0.39, 0.29) is 55.9 Å². The van der Waals surface area contributed by atoms with Crippen LogP contribution in [-0.2, 0) is 16.1 Å². The standard InChI is InChI=1S/C30H39F2N9O3/c1-33-25-24-26(41(18-34-24)29(43)36-22-6-7-23(22)44-2)38-28(37-25)35-21-5-3-4-19(16-21)17-39-12-8-20(9-13-39)27(42)40-14-10-30(31,32)11-15-40/h3-5,16,18,20,22-23H,6-15,17H2,1-2H3,(H,36,43)(H2,33,35,37,38)/t22-,23-/m1/s1. The molecule has 2 aromatic heterocycles. The molecule has 0 unspecified atom stereocenters. The predicted octanol–water partition coefficient (Wildman–Crippen LogP) is 3.82. The molecule has 44 heavy (non-hydrogen) atoms. The van der Waals surface area contributed by atoms with E-state index < -0.39 is 5.92 Å². The molecule has 3 N–H and O–H groups in total. The largest absolute Gasteiger partial charge is 0.379 e. The van der Waals surface area contributed by atoms with Gasteiger partial charge in [-0.3, -0.25) is 9.69 Å². The van der Waals surface area contributed by atoms with Crippen LogP contribution >= 0.6 is 0 Å². The zero-order valence-electron chi connectivity index (χ0n) is 25.1. The van der Waals surface area contributed by atoms with Crippen molar-refractivity contribution < 1.29 is 23.1 Å². The van der Waals surface area contributed by atoms with Gasteiger partial charge in [-0.05, 0) is 56.5 Å². The minimum Gasteiger partial charge on any atom is -0.379 e. The van der Waals surface area contributed by atoms with Gasteiger partial charge in [0, 0.05) is 58.2 Å². The molecule has 1 aliphatic carbocycles. The molecular weight excluding hydrogens is 572 g/mol. The first-order valence-electron chi connectivity index (χ1n) is 15.2. The second-order valence-corrected chi connectivity index (χ2v) is 11.9. The fourth-order valence-corrected chi connectivity index (χ4v) is 6.21. The zero-order chi connectivity index (χ0) is 30.8. The Labute approximate surface area is 254 Å². The fraction of sp³-hybridized carbons (Fsp3) is 0.567. The molecule has 2 amide bonds. The van der Waals surface area contributed by atoms with Crippen molar-refractivity contribution in [3.63, 3.8) is 0 Å². The van der Waals surface area contributed by atoms with Gasteiger partial charge < -0.3 is 25.6 Å². The number of fused-ring (bicyclic) bond motifs is 1. The Morgan fingerprint density at radius 1 is 1.07 bits per heavy atom. The number of halogens is 2. The van der Waals surface area contributed by atoms with Crippen LogP contribution in [0.4, 0.5) is 31.0 Å². The van der Waals surface area contributed by atoms with E-state index in [1.807, 2.05) is 24.3 Å². The smallest absolute Gasteiger partial charge is 0.328 e. The van der Waals surface area contributed by atoms with Crippen LogP contribution < -0.4 is 16.0 Å². The molecule has 12 nitrogen and oxygen atoms in total. The summed E-state index contributed by atoms with van der Waals surface area (Å²) in [7, 11) is 3.38. The molecule has 1 saturated carbocycles. The minimum atomic E-state index is -2.65. The highest BCUT2D eigenvalue weighted by molar-refractivity contribution is 5.92. The first-order valence-corrected chi connectivity index (χ1v) is 15.2. The van der Waals surface area contributed by atoms with Crippen LogP contribution in [-0.4, -0.2) is 99.7 Å². The maximum Gasteiger partial charge on any atom is 0.328 e. The molecule has 3 aliphatic rings. The summed E-state index contributed by atoms with van der Waals surface area (Å²) in [4.78, 5) is 43.5. The Hall–Kier alpha value is -3.91. The number of carbonyl (C=O) groups excluding carboxylic acids is 2. The quantitative estimate of drug-likeness (QED) is 0.348. The number of hydrogen-bond donors (Lipinski definition) is 3. The van der Waals surface area contributed by atoms with E-state index in [4.69, 9.17) is 4.74 Å². The number of nitrogens with zero attached hydrogens (tertiary/aromatic N) is 6. The fourth-order valence-electron chi connectivity index (χ4n) is 6.21. The third-order valence-electron chi connectivity index (χ3n) is 9.01. The molecule has 14 heteroatoms. The molecule has 0 bridgehead atoms. The highest BCUT2D eigenvalue weighted by Crippen LogP contribution is 2.30. The van der Waals surface area contributed by atoms with E-state index in [0.29, 0.717) is 29.5 Å². The van der Waals surface area contributed by atoms with Crippen LogP contribution in [0.1, 0.15) is 44.1 Å². The molecule has 1 aromatic carbocycles. The van der Waals surface area contributed by atoms with Crippen molar-refractivity contribution in [1.29, 1.82) is 0 Å². The van der Waals surface area contributed by atoms with Crippen LogP contribution in [0, 0.1) is 5.92 Å². The summed E-state index contributed by atoms with van der Waals surface area (Å²) in [5.41, 5.74) is 2.75. The molecule has 3 aromatic rings. The molecule has 2 aliphatic heterocycles. The number of imidazole rings is 1. The Kier molecular flexibility index (Phi) is 8.63. The van der Waals surface area contributed by atoms with Gasteiger partial charge in [0.15, 0.2) is 17.0 Å². The van der Waals surface area contributed by atoms with E-state index in [2.05, 4.69) is 35.8 Å². The first-order chi connectivity index (χ1) is 21.2. The van der Waals surface area contributed by atoms with E-state index in [1.54, 1.807) is 19.1 Å². The maximum atomic E-state index is 13.5. The number of anilines is 3. The summed E-state index contributed by atoms with van der Waals surface area (Å²) in [5, 5.41) is 9.31. The highest BCUT2D eigenvalue weighted by atomic mass is 19.3.